The molecule has 20 heavy (non-hydrogen) atoms. The molecular formula is C13H16F3NO3. The summed E-state index contributed by atoms with van der Waals surface area (Å²) in [7, 11) is 1.39. The van der Waals surface area contributed by atoms with Crippen molar-refractivity contribution < 1.29 is 27.8 Å². The molecule has 7 heteroatoms. The van der Waals surface area contributed by atoms with Gasteiger partial charge in [0.25, 0.3) is 5.91 Å². The molecule has 1 aromatic rings. The highest BCUT2D eigenvalue weighted by molar-refractivity contribution is 5.94. The molecule has 0 fully saturated rings. The molecular weight excluding hydrogens is 275 g/mol. The topological polar surface area (TPSA) is 58.6 Å². The van der Waals surface area contributed by atoms with Crippen LogP contribution < -0.4 is 5.32 Å². The van der Waals surface area contributed by atoms with Crippen LogP contribution >= 0.6 is 0 Å². The van der Waals surface area contributed by atoms with Gasteiger partial charge in [-0.2, -0.15) is 13.2 Å². The van der Waals surface area contributed by atoms with Gasteiger partial charge >= 0.3 is 6.18 Å². The number of aliphatic hydroxyl groups is 1. The third-order valence-electron chi connectivity index (χ3n) is 2.54. The number of rotatable bonds is 5. The van der Waals surface area contributed by atoms with Gasteiger partial charge in [0.2, 0.25) is 0 Å². The third-order valence-corrected chi connectivity index (χ3v) is 2.54. The predicted octanol–water partition coefficient (Wildman–Crippen LogP) is 1.83. The molecule has 0 aliphatic heterocycles. The van der Waals surface area contributed by atoms with Crippen molar-refractivity contribution in [3.63, 3.8) is 0 Å². The first-order valence-corrected chi connectivity index (χ1v) is 5.82. The number of hydrogen-bond donors (Lipinski definition) is 2. The van der Waals surface area contributed by atoms with E-state index in [4.69, 9.17) is 4.74 Å². The molecule has 1 atom stereocenters. The van der Waals surface area contributed by atoms with Crippen molar-refractivity contribution in [3.8, 4) is 0 Å². The lowest BCUT2D eigenvalue weighted by molar-refractivity contribution is -0.137. The minimum Gasteiger partial charge on any atom is -0.386 e. The number of halogens is 3. The van der Waals surface area contributed by atoms with Crippen molar-refractivity contribution in [2.45, 2.75) is 18.7 Å². The number of ether oxygens (including phenoxy) is 1. The van der Waals surface area contributed by atoms with Crippen molar-refractivity contribution in [1.82, 2.24) is 5.32 Å². The summed E-state index contributed by atoms with van der Waals surface area (Å²) in [5.41, 5.74) is -2.30. The Balaban J connectivity index is 2.74. The van der Waals surface area contributed by atoms with Crippen molar-refractivity contribution in [2.75, 3.05) is 20.3 Å². The van der Waals surface area contributed by atoms with Crippen molar-refractivity contribution in [2.24, 2.45) is 0 Å². The number of amides is 1. The van der Waals surface area contributed by atoms with Gasteiger partial charge in [-0.1, -0.05) is 6.07 Å². The van der Waals surface area contributed by atoms with Gasteiger partial charge in [0.15, 0.2) is 0 Å². The molecule has 0 saturated carbocycles. The van der Waals surface area contributed by atoms with E-state index in [1.807, 2.05) is 0 Å². The molecule has 1 aromatic carbocycles. The minimum absolute atomic E-state index is 0.00410. The highest BCUT2D eigenvalue weighted by atomic mass is 19.4. The molecule has 112 valence electrons. The molecule has 0 radical (unpaired) electrons. The maximum atomic E-state index is 12.5. The smallest absolute Gasteiger partial charge is 0.386 e. The maximum absolute atomic E-state index is 12.5. The zero-order valence-corrected chi connectivity index (χ0v) is 11.1. The molecule has 0 aliphatic carbocycles. The highest BCUT2D eigenvalue weighted by Gasteiger charge is 2.31. The summed E-state index contributed by atoms with van der Waals surface area (Å²) in [6.07, 6.45) is -4.50. The zero-order chi connectivity index (χ0) is 15.4. The molecule has 1 amide bonds. The van der Waals surface area contributed by atoms with Crippen LogP contribution in [0.4, 0.5) is 13.2 Å². The molecule has 0 saturated heterocycles. The van der Waals surface area contributed by atoms with Gasteiger partial charge in [-0.3, -0.25) is 4.79 Å². The molecule has 1 rings (SSSR count). The Labute approximate surface area is 114 Å². The average Bonchev–Trinajstić information content (AvgIpc) is 2.35. The van der Waals surface area contributed by atoms with Crippen LogP contribution in [-0.2, 0) is 10.9 Å². The summed E-state index contributed by atoms with van der Waals surface area (Å²) in [5.74, 6) is -0.688. The Kier molecular flexibility index (Phi) is 5.13. The van der Waals surface area contributed by atoms with Gasteiger partial charge in [-0.05, 0) is 25.1 Å². The summed E-state index contributed by atoms with van der Waals surface area (Å²) in [5, 5.41) is 12.1. The van der Waals surface area contributed by atoms with Crippen LogP contribution in [0.1, 0.15) is 22.8 Å². The van der Waals surface area contributed by atoms with E-state index in [2.05, 4.69) is 5.32 Å². The van der Waals surface area contributed by atoms with E-state index in [0.717, 1.165) is 18.2 Å². The Hall–Kier alpha value is -1.60. The summed E-state index contributed by atoms with van der Waals surface area (Å²) in [6, 6.07) is 4.08. The van der Waals surface area contributed by atoms with Crippen molar-refractivity contribution in [3.05, 3.63) is 35.4 Å². The molecule has 0 spiro atoms. The van der Waals surface area contributed by atoms with E-state index in [0.29, 0.717) is 0 Å². The lowest BCUT2D eigenvalue weighted by atomic mass is 10.1. The molecule has 0 heterocycles. The third kappa shape index (κ3) is 4.82. The Morgan fingerprint density at radius 1 is 1.40 bits per heavy atom. The van der Waals surface area contributed by atoms with E-state index < -0.39 is 23.2 Å². The number of alkyl halides is 3. The van der Waals surface area contributed by atoms with Gasteiger partial charge in [0.05, 0.1) is 12.2 Å². The fourth-order valence-corrected chi connectivity index (χ4v) is 1.57. The second kappa shape index (κ2) is 6.23. The fraction of sp³-hybridized carbons (Fsp3) is 0.462. The SMILES string of the molecule is COCC(C)(O)CNC(=O)c1cccc(C(F)(F)F)c1. The number of nitrogens with one attached hydrogen (secondary N) is 1. The second-order valence-electron chi connectivity index (χ2n) is 4.69. The zero-order valence-electron chi connectivity index (χ0n) is 11.1. The number of benzene rings is 1. The molecule has 0 bridgehead atoms. The normalized spacial score (nSPS) is 14.7. The summed E-state index contributed by atoms with van der Waals surface area (Å²) in [4.78, 5) is 11.7. The first kappa shape index (κ1) is 16.5. The Morgan fingerprint density at radius 2 is 2.05 bits per heavy atom. The van der Waals surface area contributed by atoms with E-state index in [-0.39, 0.29) is 18.7 Å². The van der Waals surface area contributed by atoms with Crippen molar-refractivity contribution in [1.29, 1.82) is 0 Å². The van der Waals surface area contributed by atoms with Gasteiger partial charge < -0.3 is 15.2 Å². The molecule has 2 N–H and O–H groups in total. The molecule has 4 nitrogen and oxygen atoms in total. The quantitative estimate of drug-likeness (QED) is 0.870. The maximum Gasteiger partial charge on any atom is 0.416 e. The van der Waals surface area contributed by atoms with E-state index in [1.54, 1.807) is 0 Å². The van der Waals surface area contributed by atoms with Crippen LogP contribution in [-0.4, -0.2) is 36.9 Å². The van der Waals surface area contributed by atoms with E-state index in [1.165, 1.54) is 20.1 Å². The Bertz CT molecular complexity index is 472. The fourth-order valence-electron chi connectivity index (χ4n) is 1.57. The molecule has 0 aromatic heterocycles. The second-order valence-corrected chi connectivity index (χ2v) is 4.69. The average molecular weight is 291 g/mol. The van der Waals surface area contributed by atoms with Crippen LogP contribution in [0.5, 0.6) is 0 Å². The summed E-state index contributed by atoms with van der Waals surface area (Å²) in [6.45, 7) is 1.31. The van der Waals surface area contributed by atoms with Crippen LogP contribution in [0.2, 0.25) is 0 Å². The minimum atomic E-state index is -4.50. The number of carbonyl (C=O) groups excluding carboxylic acids is 1. The predicted molar refractivity (Wildman–Crippen MR) is 66.3 cm³/mol. The summed E-state index contributed by atoms with van der Waals surface area (Å²) < 4.78 is 42.3. The number of carbonyl (C=O) groups is 1. The largest absolute Gasteiger partial charge is 0.416 e. The van der Waals surface area contributed by atoms with E-state index in [9.17, 15) is 23.1 Å². The van der Waals surface area contributed by atoms with Crippen molar-refractivity contribution >= 4 is 5.91 Å². The van der Waals surface area contributed by atoms with Gasteiger partial charge in [0, 0.05) is 19.2 Å². The number of hydrogen-bond acceptors (Lipinski definition) is 3. The van der Waals surface area contributed by atoms with Crippen LogP contribution in [0.3, 0.4) is 0 Å². The lowest BCUT2D eigenvalue weighted by Crippen LogP contribution is -2.43. The Morgan fingerprint density at radius 3 is 2.60 bits per heavy atom. The molecule has 1 unspecified atom stereocenters. The van der Waals surface area contributed by atoms with Crippen LogP contribution in [0.15, 0.2) is 24.3 Å². The van der Waals surface area contributed by atoms with Gasteiger partial charge in [0.1, 0.15) is 5.60 Å². The first-order valence-electron chi connectivity index (χ1n) is 5.82. The first-order chi connectivity index (χ1) is 9.15. The monoisotopic (exact) mass is 291 g/mol. The van der Waals surface area contributed by atoms with Crippen LogP contribution in [0.25, 0.3) is 0 Å². The van der Waals surface area contributed by atoms with Gasteiger partial charge in [-0.15, -0.1) is 0 Å². The lowest BCUT2D eigenvalue weighted by Gasteiger charge is -2.22. The molecule has 0 aliphatic rings. The highest BCUT2D eigenvalue weighted by Crippen LogP contribution is 2.29. The van der Waals surface area contributed by atoms with E-state index >= 15 is 0 Å². The number of methoxy groups -OCH3 is 1. The van der Waals surface area contributed by atoms with Gasteiger partial charge in [-0.25, -0.2) is 0 Å². The standard InChI is InChI=1S/C13H16F3NO3/c1-12(19,8-20-2)7-17-11(18)9-4-3-5-10(6-9)13(14,15)16/h3-6,19H,7-8H2,1-2H3,(H,17,18). The van der Waals surface area contributed by atoms with Crippen LogP contribution in [0, 0.1) is 0 Å². The summed E-state index contributed by atoms with van der Waals surface area (Å²) >= 11 is 0.